The zero-order chi connectivity index (χ0) is 24.2. The smallest absolute Gasteiger partial charge is 0.134 e. The zero-order valence-electron chi connectivity index (χ0n) is 18.6. The topological polar surface area (TPSA) is 0 Å². The third-order valence-electron chi connectivity index (χ3n) is 5.83. The summed E-state index contributed by atoms with van der Waals surface area (Å²) in [5, 5.41) is 0. The summed E-state index contributed by atoms with van der Waals surface area (Å²) in [6, 6.07) is 16.6. The van der Waals surface area contributed by atoms with Crippen LogP contribution in [0.5, 0.6) is 0 Å². The highest BCUT2D eigenvalue weighted by atomic mass is 19.1. The maximum Gasteiger partial charge on any atom is 0.134 e. The second kappa shape index (κ2) is 10.2. The van der Waals surface area contributed by atoms with E-state index < -0.39 is 34.6 Å². The molecule has 0 saturated heterocycles. The van der Waals surface area contributed by atoms with Crippen molar-refractivity contribution in [1.29, 1.82) is 0 Å². The lowest BCUT2D eigenvalue weighted by atomic mass is 9.96. The Bertz CT molecular complexity index is 1270. The number of aryl methyl sites for hydroxylation is 1. The van der Waals surface area contributed by atoms with Crippen LogP contribution in [-0.2, 0) is 6.42 Å². The third-order valence-corrected chi connectivity index (χ3v) is 5.83. The van der Waals surface area contributed by atoms with Crippen molar-refractivity contribution in [1.82, 2.24) is 0 Å². The van der Waals surface area contributed by atoms with Crippen LogP contribution in [-0.4, -0.2) is 0 Å². The van der Waals surface area contributed by atoms with E-state index in [0.717, 1.165) is 49.1 Å². The van der Waals surface area contributed by atoms with E-state index in [2.05, 4.69) is 6.92 Å². The van der Waals surface area contributed by atoms with E-state index in [1.54, 1.807) is 6.07 Å². The van der Waals surface area contributed by atoms with E-state index in [9.17, 15) is 22.0 Å². The summed E-state index contributed by atoms with van der Waals surface area (Å²) in [7, 11) is 0. The molecule has 0 spiro atoms. The minimum atomic E-state index is -1.04. The lowest BCUT2D eigenvalue weighted by Gasteiger charge is -2.11. The molecule has 0 atom stereocenters. The van der Waals surface area contributed by atoms with E-state index in [4.69, 9.17) is 0 Å². The number of hydrogen-bond acceptors (Lipinski definition) is 0. The second-order valence-electron chi connectivity index (χ2n) is 8.32. The van der Waals surface area contributed by atoms with Gasteiger partial charge in [-0.3, -0.25) is 0 Å². The quantitative estimate of drug-likeness (QED) is 0.188. The minimum Gasteiger partial charge on any atom is -0.207 e. The van der Waals surface area contributed by atoms with Crippen molar-refractivity contribution >= 4 is 0 Å². The van der Waals surface area contributed by atoms with Gasteiger partial charge in [-0.1, -0.05) is 56.2 Å². The molecule has 4 aromatic rings. The standard InChI is InChI=1S/C29H23F5/c1-2-3-4-5-18-6-8-19(9-7-18)20-10-11-25(26(32)14-20)21-15-27(33)29(28(34)16-21)22-12-23(30)17-24(31)13-22/h6-17H,2-5H2,1H3. The average Bonchev–Trinajstić information content (AvgIpc) is 2.78. The highest BCUT2D eigenvalue weighted by Crippen LogP contribution is 2.34. The lowest BCUT2D eigenvalue weighted by Crippen LogP contribution is -1.95. The molecule has 5 heteroatoms. The summed E-state index contributed by atoms with van der Waals surface area (Å²) in [5.41, 5.74) is 1.88. The minimum absolute atomic E-state index is 0.00838. The zero-order valence-corrected chi connectivity index (χ0v) is 18.6. The Morgan fingerprint density at radius 1 is 0.529 bits per heavy atom. The average molecular weight is 466 g/mol. The van der Waals surface area contributed by atoms with E-state index in [-0.39, 0.29) is 16.7 Å². The fourth-order valence-corrected chi connectivity index (χ4v) is 4.07. The van der Waals surface area contributed by atoms with Gasteiger partial charge in [0.05, 0.1) is 5.56 Å². The van der Waals surface area contributed by atoms with E-state index >= 15 is 0 Å². The maximum atomic E-state index is 15.0. The Labute approximate surface area is 195 Å². The first kappa shape index (κ1) is 23.7. The van der Waals surface area contributed by atoms with Crippen molar-refractivity contribution in [2.75, 3.05) is 0 Å². The predicted molar refractivity (Wildman–Crippen MR) is 126 cm³/mol. The van der Waals surface area contributed by atoms with Crippen molar-refractivity contribution < 1.29 is 22.0 Å². The van der Waals surface area contributed by atoms with Crippen LogP contribution < -0.4 is 0 Å². The monoisotopic (exact) mass is 466 g/mol. The van der Waals surface area contributed by atoms with Crippen LogP contribution in [0.25, 0.3) is 33.4 Å². The fraction of sp³-hybridized carbons (Fsp3) is 0.172. The molecule has 0 radical (unpaired) electrons. The summed E-state index contributed by atoms with van der Waals surface area (Å²) in [4.78, 5) is 0. The van der Waals surface area contributed by atoms with Crippen LogP contribution in [0.2, 0.25) is 0 Å². The Kier molecular flexibility index (Phi) is 7.11. The lowest BCUT2D eigenvalue weighted by molar-refractivity contribution is 0.578. The van der Waals surface area contributed by atoms with Crippen LogP contribution in [0.1, 0.15) is 31.7 Å². The van der Waals surface area contributed by atoms with Gasteiger partial charge in [-0.25, -0.2) is 22.0 Å². The Hall–Kier alpha value is -3.47. The molecule has 0 aliphatic carbocycles. The van der Waals surface area contributed by atoms with Gasteiger partial charge in [0.15, 0.2) is 0 Å². The van der Waals surface area contributed by atoms with Crippen LogP contribution in [0.4, 0.5) is 22.0 Å². The first-order valence-corrected chi connectivity index (χ1v) is 11.2. The van der Waals surface area contributed by atoms with E-state index in [1.165, 1.54) is 24.1 Å². The molecule has 0 amide bonds. The molecular weight excluding hydrogens is 443 g/mol. The van der Waals surface area contributed by atoms with Gasteiger partial charge in [0, 0.05) is 11.6 Å². The van der Waals surface area contributed by atoms with Crippen molar-refractivity contribution in [2.24, 2.45) is 0 Å². The van der Waals surface area contributed by atoms with Gasteiger partial charge in [-0.15, -0.1) is 0 Å². The molecule has 4 aromatic carbocycles. The molecule has 0 bridgehead atoms. The molecule has 34 heavy (non-hydrogen) atoms. The highest BCUT2D eigenvalue weighted by molar-refractivity contribution is 5.74. The summed E-state index contributed by atoms with van der Waals surface area (Å²) >= 11 is 0. The molecule has 0 unspecified atom stereocenters. The van der Waals surface area contributed by atoms with Gasteiger partial charge >= 0.3 is 0 Å². The van der Waals surface area contributed by atoms with Crippen molar-refractivity contribution in [3.8, 4) is 33.4 Å². The molecule has 0 heterocycles. The van der Waals surface area contributed by atoms with Gasteiger partial charge in [0.1, 0.15) is 29.1 Å². The summed E-state index contributed by atoms with van der Waals surface area (Å²) in [5.74, 6) is -4.61. The van der Waals surface area contributed by atoms with Crippen molar-refractivity contribution in [3.05, 3.63) is 107 Å². The fourth-order valence-electron chi connectivity index (χ4n) is 4.07. The summed E-state index contributed by atoms with van der Waals surface area (Å²) < 4.78 is 71.5. The van der Waals surface area contributed by atoms with Gasteiger partial charge in [-0.2, -0.15) is 0 Å². The molecule has 0 aromatic heterocycles. The SMILES string of the molecule is CCCCCc1ccc(-c2ccc(-c3cc(F)c(-c4cc(F)cc(F)c4)c(F)c3)c(F)c2)cc1. The van der Waals surface area contributed by atoms with Crippen molar-refractivity contribution in [3.63, 3.8) is 0 Å². The molecular formula is C29H23F5. The molecule has 0 aliphatic rings. The summed E-state index contributed by atoms with van der Waals surface area (Å²) in [6.07, 6.45) is 4.45. The Morgan fingerprint density at radius 2 is 1.12 bits per heavy atom. The number of halogens is 5. The first-order chi connectivity index (χ1) is 16.4. The largest absolute Gasteiger partial charge is 0.207 e. The molecule has 0 aliphatic heterocycles. The third kappa shape index (κ3) is 5.19. The Balaban J connectivity index is 1.62. The number of unbranched alkanes of at least 4 members (excludes halogenated alkanes) is 2. The maximum absolute atomic E-state index is 15.0. The van der Waals surface area contributed by atoms with Crippen LogP contribution in [0.15, 0.2) is 72.8 Å². The number of hydrogen-bond donors (Lipinski definition) is 0. The molecule has 174 valence electrons. The van der Waals surface area contributed by atoms with Gasteiger partial charge in [-0.05, 0) is 71.0 Å². The van der Waals surface area contributed by atoms with Gasteiger partial charge < -0.3 is 0 Å². The summed E-state index contributed by atoms with van der Waals surface area (Å²) in [6.45, 7) is 2.16. The highest BCUT2D eigenvalue weighted by Gasteiger charge is 2.17. The molecule has 0 nitrogen and oxygen atoms in total. The van der Waals surface area contributed by atoms with Crippen molar-refractivity contribution in [2.45, 2.75) is 32.6 Å². The second-order valence-corrected chi connectivity index (χ2v) is 8.32. The molecule has 0 saturated carbocycles. The van der Waals surface area contributed by atoms with Crippen LogP contribution in [0.3, 0.4) is 0 Å². The van der Waals surface area contributed by atoms with Crippen LogP contribution in [0, 0.1) is 29.1 Å². The van der Waals surface area contributed by atoms with Gasteiger partial charge in [0.2, 0.25) is 0 Å². The van der Waals surface area contributed by atoms with Crippen LogP contribution >= 0.6 is 0 Å². The molecule has 4 rings (SSSR count). The molecule has 0 fully saturated rings. The molecule has 0 N–H and O–H groups in total. The van der Waals surface area contributed by atoms with E-state index in [1.807, 2.05) is 24.3 Å². The predicted octanol–water partition coefficient (Wildman–Crippen LogP) is 9.12. The van der Waals surface area contributed by atoms with Gasteiger partial charge in [0.25, 0.3) is 0 Å². The Morgan fingerprint density at radius 3 is 1.71 bits per heavy atom. The number of benzene rings is 4. The first-order valence-electron chi connectivity index (χ1n) is 11.2. The van der Waals surface area contributed by atoms with E-state index in [0.29, 0.717) is 11.6 Å². The normalized spacial score (nSPS) is 11.1. The number of rotatable bonds is 7.